The normalized spacial score (nSPS) is 16.8. The zero-order valence-corrected chi connectivity index (χ0v) is 12.1. The highest BCUT2D eigenvalue weighted by molar-refractivity contribution is 7.99. The van der Waals surface area contributed by atoms with Gasteiger partial charge in [0, 0.05) is 24.3 Å². The Kier molecular flexibility index (Phi) is 5.03. The molecule has 1 N–H and O–H groups in total. The maximum atomic E-state index is 12.5. The molecule has 20 heavy (non-hydrogen) atoms. The topological polar surface area (TPSA) is 66.8 Å². The van der Waals surface area contributed by atoms with E-state index in [0.717, 1.165) is 10.5 Å². The molecule has 1 heterocycles. The van der Waals surface area contributed by atoms with E-state index in [1.807, 2.05) is 24.3 Å². The van der Waals surface area contributed by atoms with Crippen LogP contribution in [0, 0.1) is 0 Å². The van der Waals surface area contributed by atoms with Crippen LogP contribution in [0.4, 0.5) is 0 Å². The average molecular weight is 295 g/mol. The number of carbonyl (C=O) groups is 2. The summed E-state index contributed by atoms with van der Waals surface area (Å²) in [6.07, 6.45) is 0. The van der Waals surface area contributed by atoms with E-state index in [9.17, 15) is 9.59 Å². The second-order valence-corrected chi connectivity index (χ2v) is 5.61. The molecule has 1 aromatic rings. The van der Waals surface area contributed by atoms with Crippen molar-refractivity contribution in [1.29, 1.82) is 0 Å². The predicted octanol–water partition coefficient (Wildman–Crippen LogP) is 1.44. The highest BCUT2D eigenvalue weighted by Gasteiger charge is 2.32. The van der Waals surface area contributed by atoms with Gasteiger partial charge in [-0.1, -0.05) is 18.2 Å². The molecule has 2 rings (SSSR count). The Bertz CT molecular complexity index is 506. The lowest BCUT2D eigenvalue weighted by Crippen LogP contribution is -2.40. The summed E-state index contributed by atoms with van der Waals surface area (Å²) >= 11 is 1.64. The van der Waals surface area contributed by atoms with Gasteiger partial charge in [0.1, 0.15) is 6.54 Å². The summed E-state index contributed by atoms with van der Waals surface area (Å²) in [7, 11) is 1.53. The van der Waals surface area contributed by atoms with Crippen LogP contribution in [0.1, 0.15) is 11.5 Å². The molecule has 1 amide bonds. The molecule has 0 bridgehead atoms. The Morgan fingerprint density at radius 3 is 2.90 bits per heavy atom. The van der Waals surface area contributed by atoms with Gasteiger partial charge in [-0.25, -0.2) is 0 Å². The van der Waals surface area contributed by atoms with E-state index in [4.69, 9.17) is 9.84 Å². The summed E-state index contributed by atoms with van der Waals surface area (Å²) < 4.78 is 4.94. The van der Waals surface area contributed by atoms with Gasteiger partial charge in [-0.15, -0.1) is 11.8 Å². The number of hydrogen-bond donors (Lipinski definition) is 1. The van der Waals surface area contributed by atoms with Crippen LogP contribution >= 0.6 is 11.8 Å². The van der Waals surface area contributed by atoms with Gasteiger partial charge in [0.2, 0.25) is 5.91 Å². The first kappa shape index (κ1) is 14.9. The summed E-state index contributed by atoms with van der Waals surface area (Å²) in [6.45, 7) is 0.344. The summed E-state index contributed by atoms with van der Waals surface area (Å²) in [5.41, 5.74) is 0.996. The number of fused-ring (bicyclic) bond motifs is 1. The maximum Gasteiger partial charge on any atom is 0.323 e. The number of aliphatic carboxylic acids is 1. The second kappa shape index (κ2) is 6.76. The SMILES string of the molecule is COCCN(CC(=O)O)C(=O)[C@@H]1CSc2ccccc21. The van der Waals surface area contributed by atoms with Crippen LogP contribution in [0.15, 0.2) is 29.2 Å². The predicted molar refractivity (Wildman–Crippen MR) is 76.0 cm³/mol. The summed E-state index contributed by atoms with van der Waals surface area (Å²) in [4.78, 5) is 25.9. The van der Waals surface area contributed by atoms with Crippen molar-refractivity contribution in [2.24, 2.45) is 0 Å². The molecule has 0 aliphatic carbocycles. The third-order valence-corrected chi connectivity index (χ3v) is 4.38. The van der Waals surface area contributed by atoms with Crippen LogP contribution in [0.5, 0.6) is 0 Å². The van der Waals surface area contributed by atoms with E-state index >= 15 is 0 Å². The number of hydrogen-bond acceptors (Lipinski definition) is 4. The number of rotatable bonds is 6. The molecule has 1 aliphatic rings. The first-order valence-corrected chi connectivity index (χ1v) is 7.33. The van der Waals surface area contributed by atoms with Gasteiger partial charge in [0.25, 0.3) is 0 Å². The van der Waals surface area contributed by atoms with Crippen LogP contribution in [-0.2, 0) is 14.3 Å². The summed E-state index contributed by atoms with van der Waals surface area (Å²) in [5, 5.41) is 8.93. The fraction of sp³-hybridized carbons (Fsp3) is 0.429. The largest absolute Gasteiger partial charge is 0.480 e. The van der Waals surface area contributed by atoms with Crippen LogP contribution in [0.3, 0.4) is 0 Å². The van der Waals surface area contributed by atoms with E-state index in [1.54, 1.807) is 11.8 Å². The zero-order chi connectivity index (χ0) is 14.5. The van der Waals surface area contributed by atoms with Gasteiger partial charge in [0.05, 0.1) is 12.5 Å². The van der Waals surface area contributed by atoms with E-state index < -0.39 is 5.97 Å². The van der Waals surface area contributed by atoms with Crippen molar-refractivity contribution in [2.45, 2.75) is 10.8 Å². The molecule has 0 radical (unpaired) electrons. The molecule has 1 aliphatic heterocycles. The number of carboxylic acids is 1. The highest BCUT2D eigenvalue weighted by Crippen LogP contribution is 2.40. The smallest absolute Gasteiger partial charge is 0.323 e. The number of benzene rings is 1. The van der Waals surface area contributed by atoms with Gasteiger partial charge < -0.3 is 14.7 Å². The minimum absolute atomic E-state index is 0.137. The minimum atomic E-state index is -1.01. The molecule has 5 nitrogen and oxygen atoms in total. The Morgan fingerprint density at radius 2 is 2.20 bits per heavy atom. The molecular weight excluding hydrogens is 278 g/mol. The van der Waals surface area contributed by atoms with Crippen LogP contribution < -0.4 is 0 Å². The molecule has 0 spiro atoms. The number of nitrogens with zero attached hydrogens (tertiary/aromatic N) is 1. The molecule has 1 aromatic carbocycles. The van der Waals surface area contributed by atoms with Crippen molar-refractivity contribution in [3.8, 4) is 0 Å². The summed E-state index contributed by atoms with van der Waals surface area (Å²) in [6, 6.07) is 7.78. The van der Waals surface area contributed by atoms with Gasteiger partial charge in [-0.3, -0.25) is 9.59 Å². The molecule has 0 saturated heterocycles. The molecular formula is C14H17NO4S. The summed E-state index contributed by atoms with van der Waals surface area (Å²) in [5.74, 6) is -0.732. The van der Waals surface area contributed by atoms with E-state index in [1.165, 1.54) is 12.0 Å². The van der Waals surface area contributed by atoms with Gasteiger partial charge in [0.15, 0.2) is 0 Å². The number of ether oxygens (including phenoxy) is 1. The second-order valence-electron chi connectivity index (χ2n) is 4.55. The number of carboxylic acid groups (broad SMARTS) is 1. The molecule has 0 aromatic heterocycles. The van der Waals surface area contributed by atoms with Crippen molar-refractivity contribution in [2.75, 3.05) is 32.6 Å². The van der Waals surface area contributed by atoms with Crippen LogP contribution in [0.2, 0.25) is 0 Å². The van der Waals surface area contributed by atoms with Crippen molar-refractivity contribution < 1.29 is 19.4 Å². The molecule has 0 unspecified atom stereocenters. The first-order valence-electron chi connectivity index (χ1n) is 6.34. The van der Waals surface area contributed by atoms with E-state index in [2.05, 4.69) is 0 Å². The van der Waals surface area contributed by atoms with Gasteiger partial charge in [-0.2, -0.15) is 0 Å². The van der Waals surface area contributed by atoms with E-state index in [0.29, 0.717) is 18.9 Å². The first-order chi connectivity index (χ1) is 9.63. The monoisotopic (exact) mass is 295 g/mol. The van der Waals surface area contributed by atoms with Gasteiger partial charge >= 0.3 is 5.97 Å². The lowest BCUT2D eigenvalue weighted by atomic mass is 10.00. The quantitative estimate of drug-likeness (QED) is 0.860. The van der Waals surface area contributed by atoms with Crippen molar-refractivity contribution in [3.05, 3.63) is 29.8 Å². The zero-order valence-electron chi connectivity index (χ0n) is 11.2. The van der Waals surface area contributed by atoms with Gasteiger partial charge in [-0.05, 0) is 11.6 Å². The lowest BCUT2D eigenvalue weighted by molar-refractivity contribution is -0.145. The third kappa shape index (κ3) is 3.32. The fourth-order valence-electron chi connectivity index (χ4n) is 2.22. The number of methoxy groups -OCH3 is 1. The molecule has 1 atom stereocenters. The standard InChI is InChI=1S/C14H17NO4S/c1-19-7-6-15(8-13(16)17)14(18)11-9-20-12-5-3-2-4-10(11)12/h2-5,11H,6-9H2,1H3,(H,16,17)/t11-/m1/s1. The van der Waals surface area contributed by atoms with Crippen LogP contribution in [-0.4, -0.2) is 54.4 Å². The average Bonchev–Trinajstić information content (AvgIpc) is 2.86. The fourth-order valence-corrected chi connectivity index (χ4v) is 3.44. The number of amides is 1. The Hall–Kier alpha value is -1.53. The van der Waals surface area contributed by atoms with Crippen molar-refractivity contribution >= 4 is 23.6 Å². The molecule has 108 valence electrons. The Labute approximate surface area is 121 Å². The van der Waals surface area contributed by atoms with E-state index in [-0.39, 0.29) is 18.4 Å². The minimum Gasteiger partial charge on any atom is -0.480 e. The number of thioether (sulfide) groups is 1. The molecule has 0 saturated carbocycles. The molecule has 0 fully saturated rings. The maximum absolute atomic E-state index is 12.5. The lowest BCUT2D eigenvalue weighted by Gasteiger charge is -2.23. The Morgan fingerprint density at radius 1 is 1.45 bits per heavy atom. The third-order valence-electron chi connectivity index (χ3n) is 3.20. The highest BCUT2D eigenvalue weighted by atomic mass is 32.2. The Balaban J connectivity index is 2.13. The van der Waals surface area contributed by atoms with Crippen LogP contribution in [0.25, 0.3) is 0 Å². The number of carbonyl (C=O) groups excluding carboxylic acids is 1. The molecule has 6 heteroatoms. The van der Waals surface area contributed by atoms with Crippen molar-refractivity contribution in [1.82, 2.24) is 4.90 Å². The van der Waals surface area contributed by atoms with Crippen molar-refractivity contribution in [3.63, 3.8) is 0 Å².